The molecular weight excluding hydrogens is 478 g/mol. The van der Waals surface area contributed by atoms with Gasteiger partial charge in [-0.1, -0.05) is 41.9 Å². The summed E-state index contributed by atoms with van der Waals surface area (Å²) in [6, 6.07) is 17.8. The molecule has 0 aliphatic rings. The third kappa shape index (κ3) is 5.66. The Morgan fingerprint density at radius 2 is 1.72 bits per heavy atom. The van der Waals surface area contributed by atoms with E-state index in [1.54, 1.807) is 30.3 Å². The number of benzene rings is 3. The van der Waals surface area contributed by atoms with Crippen molar-refractivity contribution < 1.29 is 14.3 Å². The van der Waals surface area contributed by atoms with E-state index < -0.39 is 11.8 Å². The fourth-order valence-corrected chi connectivity index (χ4v) is 3.35. The molecule has 0 saturated carbocycles. The number of amides is 2. The highest BCUT2D eigenvalue weighted by atomic mass is 79.9. The van der Waals surface area contributed by atoms with Crippen molar-refractivity contribution in [3.8, 4) is 5.75 Å². The van der Waals surface area contributed by atoms with E-state index in [1.807, 2.05) is 30.3 Å². The Labute approximate surface area is 185 Å². The standard InChI is InChI=1S/C20H15BrClN3O3S/c21-18-15-4-2-1-3-12(15)7-10-16(18)28-11-17(26)23-20(29)25-24-19(27)13-5-8-14(22)9-6-13/h1-10H,11H2,(H,24,27)(H2,23,25,26,29). The van der Waals surface area contributed by atoms with Crippen LogP contribution in [0.25, 0.3) is 10.8 Å². The van der Waals surface area contributed by atoms with Gasteiger partial charge in [-0.2, -0.15) is 0 Å². The van der Waals surface area contributed by atoms with E-state index in [0.717, 1.165) is 15.2 Å². The Bertz CT molecular complexity index is 1080. The number of hydrazine groups is 1. The van der Waals surface area contributed by atoms with Crippen molar-refractivity contribution in [2.45, 2.75) is 0 Å². The molecular formula is C20H15BrClN3O3S. The molecule has 29 heavy (non-hydrogen) atoms. The number of rotatable bonds is 4. The van der Waals surface area contributed by atoms with Crippen LogP contribution in [0.3, 0.4) is 0 Å². The summed E-state index contributed by atoms with van der Waals surface area (Å²) in [6.45, 7) is -0.246. The molecule has 0 spiro atoms. The van der Waals surface area contributed by atoms with Crippen LogP contribution in [0.2, 0.25) is 5.02 Å². The second-order valence-corrected chi connectivity index (χ2v) is 7.49. The van der Waals surface area contributed by atoms with Gasteiger partial charge in [0.15, 0.2) is 11.7 Å². The number of fused-ring (bicyclic) bond motifs is 1. The van der Waals surface area contributed by atoms with Gasteiger partial charge in [-0.15, -0.1) is 0 Å². The largest absolute Gasteiger partial charge is 0.483 e. The van der Waals surface area contributed by atoms with E-state index in [2.05, 4.69) is 32.1 Å². The van der Waals surface area contributed by atoms with Crippen LogP contribution in [-0.4, -0.2) is 23.5 Å². The maximum absolute atomic E-state index is 12.0. The molecule has 3 rings (SSSR count). The summed E-state index contributed by atoms with van der Waals surface area (Å²) in [6.07, 6.45) is 0. The van der Waals surface area contributed by atoms with Crippen LogP contribution in [-0.2, 0) is 4.79 Å². The Morgan fingerprint density at radius 3 is 2.48 bits per heavy atom. The molecule has 9 heteroatoms. The Morgan fingerprint density at radius 1 is 1.00 bits per heavy atom. The topological polar surface area (TPSA) is 79.5 Å². The zero-order valence-electron chi connectivity index (χ0n) is 14.9. The molecule has 0 unspecified atom stereocenters. The van der Waals surface area contributed by atoms with Gasteiger partial charge in [-0.25, -0.2) is 0 Å². The van der Waals surface area contributed by atoms with Gasteiger partial charge in [0.25, 0.3) is 11.8 Å². The first-order chi connectivity index (χ1) is 13.9. The maximum atomic E-state index is 12.0. The molecule has 0 radical (unpaired) electrons. The number of carbonyl (C=O) groups is 2. The third-order valence-corrected chi connectivity index (χ3v) is 5.11. The van der Waals surface area contributed by atoms with E-state index in [0.29, 0.717) is 16.3 Å². The maximum Gasteiger partial charge on any atom is 0.269 e. The molecule has 0 aliphatic carbocycles. The quantitative estimate of drug-likeness (QED) is 0.379. The van der Waals surface area contributed by atoms with Crippen LogP contribution in [0, 0.1) is 0 Å². The zero-order valence-corrected chi connectivity index (χ0v) is 18.0. The first kappa shape index (κ1) is 21.0. The fourth-order valence-electron chi connectivity index (χ4n) is 2.45. The second-order valence-electron chi connectivity index (χ2n) is 5.85. The van der Waals surface area contributed by atoms with Gasteiger partial charge >= 0.3 is 0 Å². The smallest absolute Gasteiger partial charge is 0.269 e. The summed E-state index contributed by atoms with van der Waals surface area (Å²) in [5.74, 6) is -0.355. The average Bonchev–Trinajstić information content (AvgIpc) is 2.72. The predicted octanol–water partition coefficient (Wildman–Crippen LogP) is 3.97. The van der Waals surface area contributed by atoms with Crippen LogP contribution < -0.4 is 20.9 Å². The van der Waals surface area contributed by atoms with E-state index in [-0.39, 0.29) is 11.7 Å². The Balaban J connectivity index is 1.48. The van der Waals surface area contributed by atoms with Gasteiger partial charge in [0.05, 0.1) is 4.47 Å². The minimum Gasteiger partial charge on any atom is -0.483 e. The molecule has 0 aliphatic heterocycles. The Hall–Kier alpha value is -2.68. The molecule has 0 heterocycles. The first-order valence-electron chi connectivity index (χ1n) is 8.40. The zero-order chi connectivity index (χ0) is 20.8. The van der Waals surface area contributed by atoms with Crippen molar-refractivity contribution in [1.82, 2.24) is 16.2 Å². The summed E-state index contributed by atoms with van der Waals surface area (Å²) in [4.78, 5) is 24.0. The van der Waals surface area contributed by atoms with Crippen molar-refractivity contribution in [2.24, 2.45) is 0 Å². The van der Waals surface area contributed by atoms with Gasteiger partial charge in [0, 0.05) is 10.6 Å². The molecule has 0 saturated heterocycles. The number of halogens is 2. The molecule has 3 aromatic carbocycles. The summed E-state index contributed by atoms with van der Waals surface area (Å²) in [7, 11) is 0. The lowest BCUT2D eigenvalue weighted by Gasteiger charge is -2.12. The Kier molecular flexibility index (Phi) is 7.03. The number of carbonyl (C=O) groups excluding carboxylic acids is 2. The lowest BCUT2D eigenvalue weighted by Crippen LogP contribution is -2.49. The van der Waals surface area contributed by atoms with Crippen LogP contribution in [0.15, 0.2) is 65.1 Å². The number of nitrogens with one attached hydrogen (secondary N) is 3. The first-order valence-corrected chi connectivity index (χ1v) is 9.98. The normalized spacial score (nSPS) is 10.3. The van der Waals surface area contributed by atoms with Crippen molar-refractivity contribution in [3.63, 3.8) is 0 Å². The predicted molar refractivity (Wildman–Crippen MR) is 120 cm³/mol. The molecule has 0 atom stereocenters. The van der Waals surface area contributed by atoms with Crippen LogP contribution in [0.4, 0.5) is 0 Å². The molecule has 148 valence electrons. The monoisotopic (exact) mass is 491 g/mol. The van der Waals surface area contributed by atoms with Gasteiger partial charge in [-0.3, -0.25) is 25.8 Å². The van der Waals surface area contributed by atoms with Gasteiger partial charge in [0.2, 0.25) is 0 Å². The van der Waals surface area contributed by atoms with Crippen molar-refractivity contribution >= 4 is 67.4 Å². The molecule has 0 aromatic heterocycles. The molecule has 0 bridgehead atoms. The highest BCUT2D eigenvalue weighted by molar-refractivity contribution is 9.10. The van der Waals surface area contributed by atoms with Crippen LogP contribution >= 0.6 is 39.7 Å². The minimum atomic E-state index is -0.469. The van der Waals surface area contributed by atoms with E-state index in [9.17, 15) is 9.59 Å². The van der Waals surface area contributed by atoms with Crippen LogP contribution in [0.1, 0.15) is 10.4 Å². The molecule has 2 amide bonds. The number of hydrogen-bond acceptors (Lipinski definition) is 4. The third-order valence-electron chi connectivity index (χ3n) is 3.84. The SMILES string of the molecule is O=C(COc1ccc2ccccc2c1Br)NC(=S)NNC(=O)c1ccc(Cl)cc1. The fraction of sp³-hybridized carbons (Fsp3) is 0.0500. The van der Waals surface area contributed by atoms with Gasteiger partial charge in [0.1, 0.15) is 5.75 Å². The van der Waals surface area contributed by atoms with Gasteiger partial charge < -0.3 is 4.74 Å². The average molecular weight is 493 g/mol. The molecule has 3 N–H and O–H groups in total. The number of thiocarbonyl (C=S) groups is 1. The lowest BCUT2D eigenvalue weighted by molar-refractivity contribution is -0.121. The highest BCUT2D eigenvalue weighted by Crippen LogP contribution is 2.32. The summed E-state index contributed by atoms with van der Waals surface area (Å²) >= 11 is 14.3. The highest BCUT2D eigenvalue weighted by Gasteiger charge is 2.11. The summed E-state index contributed by atoms with van der Waals surface area (Å²) in [5, 5.41) is 4.93. The van der Waals surface area contributed by atoms with E-state index in [1.165, 1.54) is 0 Å². The van der Waals surface area contributed by atoms with E-state index in [4.69, 9.17) is 28.6 Å². The number of ether oxygens (including phenoxy) is 1. The molecule has 6 nitrogen and oxygen atoms in total. The molecule has 0 fully saturated rings. The van der Waals surface area contributed by atoms with Crippen molar-refractivity contribution in [3.05, 3.63) is 75.7 Å². The van der Waals surface area contributed by atoms with Crippen molar-refractivity contribution in [1.29, 1.82) is 0 Å². The molecule has 3 aromatic rings. The minimum absolute atomic E-state index is 0.0570. The summed E-state index contributed by atoms with van der Waals surface area (Å²) < 4.78 is 6.33. The van der Waals surface area contributed by atoms with Crippen LogP contribution in [0.5, 0.6) is 5.75 Å². The number of hydrogen-bond donors (Lipinski definition) is 3. The lowest BCUT2D eigenvalue weighted by atomic mass is 10.1. The van der Waals surface area contributed by atoms with Gasteiger partial charge in [-0.05, 0) is 69.3 Å². The summed E-state index contributed by atoms with van der Waals surface area (Å²) in [5.41, 5.74) is 5.24. The van der Waals surface area contributed by atoms with E-state index >= 15 is 0 Å². The second kappa shape index (κ2) is 9.69. The van der Waals surface area contributed by atoms with Crippen molar-refractivity contribution in [2.75, 3.05) is 6.61 Å².